The van der Waals surface area contributed by atoms with Crippen LogP contribution in [-0.2, 0) is 0 Å². The van der Waals surface area contributed by atoms with Crippen LogP contribution in [0.25, 0.3) is 10.2 Å². The van der Waals surface area contributed by atoms with Crippen LogP contribution in [0.5, 0.6) is 0 Å². The molecule has 98 valence electrons. The van der Waals surface area contributed by atoms with Gasteiger partial charge < -0.3 is 10.4 Å². The van der Waals surface area contributed by atoms with E-state index in [2.05, 4.69) is 28.2 Å². The summed E-state index contributed by atoms with van der Waals surface area (Å²) in [6.45, 7) is 5.79. The number of hydrogen-bond acceptors (Lipinski definition) is 5. The lowest BCUT2D eigenvalue weighted by Crippen LogP contribution is -2.31. The molecule has 0 aliphatic carbocycles. The van der Waals surface area contributed by atoms with E-state index in [-0.39, 0.29) is 6.61 Å². The first-order valence-electron chi connectivity index (χ1n) is 6.26. The molecule has 5 heteroatoms. The number of aromatic nitrogens is 1. The summed E-state index contributed by atoms with van der Waals surface area (Å²) in [5.41, 5.74) is 1.05. The second-order valence-corrected chi connectivity index (χ2v) is 5.10. The van der Waals surface area contributed by atoms with Crippen molar-refractivity contribution in [3.8, 4) is 0 Å². The van der Waals surface area contributed by atoms with Gasteiger partial charge in [-0.15, -0.1) is 0 Å². The van der Waals surface area contributed by atoms with Crippen LogP contribution in [0.2, 0.25) is 0 Å². The third-order valence-electron chi connectivity index (χ3n) is 2.86. The van der Waals surface area contributed by atoms with Crippen molar-refractivity contribution in [2.24, 2.45) is 0 Å². The van der Waals surface area contributed by atoms with Gasteiger partial charge in [0.2, 0.25) is 0 Å². The third kappa shape index (κ3) is 3.41. The summed E-state index contributed by atoms with van der Waals surface area (Å²) in [7, 11) is 0. The number of likely N-dealkylation sites (N-methyl/N-ethyl adjacent to an activating group) is 1. The molecular formula is C13H19N3OS. The largest absolute Gasteiger partial charge is 0.395 e. The third-order valence-corrected chi connectivity index (χ3v) is 3.86. The van der Waals surface area contributed by atoms with Crippen LogP contribution in [0, 0.1) is 0 Å². The SMILES string of the molecule is CCN(CCO)CCNc1nc2ccccc2s1. The van der Waals surface area contributed by atoms with E-state index in [1.165, 1.54) is 4.70 Å². The van der Waals surface area contributed by atoms with Crippen molar-refractivity contribution >= 4 is 26.7 Å². The Hall–Kier alpha value is -1.17. The number of para-hydroxylation sites is 1. The zero-order chi connectivity index (χ0) is 12.8. The first-order chi connectivity index (χ1) is 8.83. The van der Waals surface area contributed by atoms with Crippen LogP contribution in [0.4, 0.5) is 5.13 Å². The highest BCUT2D eigenvalue weighted by atomic mass is 32.1. The molecule has 0 aliphatic heterocycles. The van der Waals surface area contributed by atoms with Gasteiger partial charge in [-0.2, -0.15) is 0 Å². The molecule has 0 bridgehead atoms. The maximum Gasteiger partial charge on any atom is 0.183 e. The zero-order valence-electron chi connectivity index (χ0n) is 10.6. The van der Waals surface area contributed by atoms with E-state index >= 15 is 0 Å². The molecule has 2 rings (SSSR count). The van der Waals surface area contributed by atoms with Gasteiger partial charge in [-0.05, 0) is 18.7 Å². The van der Waals surface area contributed by atoms with E-state index in [4.69, 9.17) is 5.11 Å². The maximum atomic E-state index is 8.91. The maximum absolute atomic E-state index is 8.91. The van der Waals surface area contributed by atoms with Crippen LogP contribution in [0.3, 0.4) is 0 Å². The van der Waals surface area contributed by atoms with Gasteiger partial charge in [0.15, 0.2) is 5.13 Å². The lowest BCUT2D eigenvalue weighted by atomic mass is 10.3. The van der Waals surface area contributed by atoms with Crippen molar-refractivity contribution in [3.63, 3.8) is 0 Å². The van der Waals surface area contributed by atoms with Crippen LogP contribution in [0.15, 0.2) is 24.3 Å². The van der Waals surface area contributed by atoms with E-state index in [0.29, 0.717) is 0 Å². The molecular weight excluding hydrogens is 246 g/mol. The molecule has 0 fully saturated rings. The summed E-state index contributed by atoms with van der Waals surface area (Å²) in [6, 6.07) is 8.15. The number of aliphatic hydroxyl groups excluding tert-OH is 1. The van der Waals surface area contributed by atoms with Gasteiger partial charge in [-0.3, -0.25) is 4.90 Å². The fourth-order valence-electron chi connectivity index (χ4n) is 1.84. The van der Waals surface area contributed by atoms with Gasteiger partial charge in [0.05, 0.1) is 16.8 Å². The predicted molar refractivity (Wildman–Crippen MR) is 77.3 cm³/mol. The monoisotopic (exact) mass is 265 g/mol. The van der Waals surface area contributed by atoms with Gasteiger partial charge >= 0.3 is 0 Å². The number of benzene rings is 1. The van der Waals surface area contributed by atoms with Crippen LogP contribution in [0.1, 0.15) is 6.92 Å². The molecule has 1 heterocycles. The van der Waals surface area contributed by atoms with Crippen molar-refractivity contribution in [2.75, 3.05) is 38.1 Å². The van der Waals surface area contributed by atoms with Gasteiger partial charge in [-0.25, -0.2) is 4.98 Å². The number of rotatable bonds is 7. The Balaban J connectivity index is 1.86. The van der Waals surface area contributed by atoms with E-state index in [0.717, 1.165) is 36.8 Å². The first kappa shape index (κ1) is 13.3. The van der Waals surface area contributed by atoms with Crippen molar-refractivity contribution < 1.29 is 5.11 Å². The Morgan fingerprint density at radius 2 is 2.17 bits per heavy atom. The minimum absolute atomic E-state index is 0.217. The number of aliphatic hydroxyl groups is 1. The summed E-state index contributed by atoms with van der Waals surface area (Å²) in [6.07, 6.45) is 0. The smallest absolute Gasteiger partial charge is 0.183 e. The number of fused-ring (bicyclic) bond motifs is 1. The molecule has 0 saturated heterocycles. The topological polar surface area (TPSA) is 48.4 Å². The fraction of sp³-hybridized carbons (Fsp3) is 0.462. The molecule has 0 amide bonds. The minimum atomic E-state index is 0.217. The predicted octanol–water partition coefficient (Wildman–Crippen LogP) is 2.02. The average molecular weight is 265 g/mol. The molecule has 2 aromatic rings. The molecule has 2 N–H and O–H groups in total. The number of thiazole rings is 1. The molecule has 0 saturated carbocycles. The molecule has 1 aromatic carbocycles. The van der Waals surface area contributed by atoms with Gasteiger partial charge in [0.25, 0.3) is 0 Å². The van der Waals surface area contributed by atoms with Gasteiger partial charge in [0, 0.05) is 19.6 Å². The minimum Gasteiger partial charge on any atom is -0.395 e. The molecule has 0 spiro atoms. The van der Waals surface area contributed by atoms with Crippen LogP contribution >= 0.6 is 11.3 Å². The average Bonchev–Trinajstić information content (AvgIpc) is 2.80. The standard InChI is InChI=1S/C13H19N3OS/c1-2-16(9-10-17)8-7-14-13-15-11-5-3-4-6-12(11)18-13/h3-6,17H,2,7-10H2,1H3,(H,14,15). The van der Waals surface area contributed by atoms with Crippen molar-refractivity contribution in [1.82, 2.24) is 9.88 Å². The molecule has 1 aromatic heterocycles. The number of hydrogen-bond donors (Lipinski definition) is 2. The van der Waals surface area contributed by atoms with Crippen molar-refractivity contribution in [2.45, 2.75) is 6.92 Å². The second kappa shape index (κ2) is 6.68. The highest BCUT2D eigenvalue weighted by molar-refractivity contribution is 7.22. The van der Waals surface area contributed by atoms with Crippen LogP contribution in [-0.4, -0.2) is 47.8 Å². The highest BCUT2D eigenvalue weighted by Crippen LogP contribution is 2.24. The Bertz CT molecular complexity index is 453. The zero-order valence-corrected chi connectivity index (χ0v) is 11.4. The highest BCUT2D eigenvalue weighted by Gasteiger charge is 2.04. The fourth-order valence-corrected chi connectivity index (χ4v) is 2.73. The number of anilines is 1. The normalized spacial score (nSPS) is 11.3. The Morgan fingerprint density at radius 1 is 1.33 bits per heavy atom. The first-order valence-corrected chi connectivity index (χ1v) is 7.07. The lowest BCUT2D eigenvalue weighted by molar-refractivity contribution is 0.206. The van der Waals surface area contributed by atoms with Crippen molar-refractivity contribution in [3.05, 3.63) is 24.3 Å². The quantitative estimate of drug-likeness (QED) is 0.804. The van der Waals surface area contributed by atoms with E-state index in [1.54, 1.807) is 11.3 Å². The summed E-state index contributed by atoms with van der Waals surface area (Å²) in [4.78, 5) is 6.73. The lowest BCUT2D eigenvalue weighted by Gasteiger charge is -2.18. The molecule has 18 heavy (non-hydrogen) atoms. The summed E-state index contributed by atoms with van der Waals surface area (Å²) in [5.74, 6) is 0. The van der Waals surface area contributed by atoms with Crippen molar-refractivity contribution in [1.29, 1.82) is 0 Å². The Morgan fingerprint density at radius 3 is 2.89 bits per heavy atom. The molecule has 0 unspecified atom stereocenters. The molecule has 0 radical (unpaired) electrons. The molecule has 0 atom stereocenters. The van der Waals surface area contributed by atoms with E-state index in [9.17, 15) is 0 Å². The second-order valence-electron chi connectivity index (χ2n) is 4.07. The van der Waals surface area contributed by atoms with Gasteiger partial charge in [-0.1, -0.05) is 30.4 Å². The van der Waals surface area contributed by atoms with E-state index in [1.807, 2.05) is 18.2 Å². The number of nitrogens with one attached hydrogen (secondary N) is 1. The van der Waals surface area contributed by atoms with E-state index < -0.39 is 0 Å². The summed E-state index contributed by atoms with van der Waals surface area (Å²) >= 11 is 1.68. The summed E-state index contributed by atoms with van der Waals surface area (Å²) in [5, 5.41) is 13.2. The van der Waals surface area contributed by atoms with Crippen LogP contribution < -0.4 is 5.32 Å². The molecule has 0 aliphatic rings. The number of nitrogens with zero attached hydrogens (tertiary/aromatic N) is 2. The Kier molecular flexibility index (Phi) is 4.92. The Labute approximate surface area is 111 Å². The summed E-state index contributed by atoms with van der Waals surface area (Å²) < 4.78 is 1.21. The van der Waals surface area contributed by atoms with Gasteiger partial charge in [0.1, 0.15) is 0 Å². The molecule has 4 nitrogen and oxygen atoms in total.